The smallest absolute Gasteiger partial charge is 0.322 e. The molecule has 2 aromatic heterocycles. The van der Waals surface area contributed by atoms with Crippen LogP contribution in [-0.4, -0.2) is 30.5 Å². The number of alkyl halides is 3. The summed E-state index contributed by atoms with van der Waals surface area (Å²) >= 11 is 10.2. The van der Waals surface area contributed by atoms with Crippen LogP contribution in [0.3, 0.4) is 0 Å². The van der Waals surface area contributed by atoms with E-state index >= 15 is 0 Å². The van der Waals surface area contributed by atoms with Crippen LogP contribution in [0.1, 0.15) is 17.8 Å². The molecule has 2 aromatic rings. The number of sulfonamides is 1. The predicted octanol–water partition coefficient (Wildman–Crippen LogP) is 4.97. The van der Waals surface area contributed by atoms with Crippen molar-refractivity contribution in [1.29, 1.82) is 0 Å². The summed E-state index contributed by atoms with van der Waals surface area (Å²) in [7, 11) is -3.78. The van der Waals surface area contributed by atoms with Gasteiger partial charge in [0.1, 0.15) is 10.7 Å². The summed E-state index contributed by atoms with van der Waals surface area (Å²) in [5.74, 6) is -0.803. The normalized spacial score (nSPS) is 14.5. The molecule has 0 atom stereocenters. The zero-order valence-electron chi connectivity index (χ0n) is 17.2. The fourth-order valence-electron chi connectivity index (χ4n) is 2.70. The zero-order valence-corrected chi connectivity index (χ0v) is 21.2. The highest BCUT2D eigenvalue weighted by atomic mass is 79.9. The van der Waals surface area contributed by atoms with E-state index in [4.69, 9.17) is 11.6 Å². The summed E-state index contributed by atoms with van der Waals surface area (Å²) in [6.07, 6.45) is 0.373. The number of nitrogens with zero attached hydrogens (tertiary/aromatic N) is 3. The maximum Gasteiger partial charge on any atom is 0.433 e. The molecule has 0 radical (unpaired) electrons. The zero-order chi connectivity index (χ0) is 25.1. The van der Waals surface area contributed by atoms with Crippen molar-refractivity contribution in [3.8, 4) is 0 Å². The molecular weight excluding hydrogens is 581 g/mol. The Balaban J connectivity index is 1.98. The van der Waals surface area contributed by atoms with E-state index in [0.29, 0.717) is 25.2 Å². The van der Waals surface area contributed by atoms with Gasteiger partial charge in [-0.05, 0) is 46.3 Å². The van der Waals surface area contributed by atoms with Gasteiger partial charge in [-0.3, -0.25) is 9.78 Å². The number of thioether (sulfide) groups is 1. The molecule has 34 heavy (non-hydrogen) atoms. The van der Waals surface area contributed by atoms with E-state index in [1.807, 2.05) is 4.72 Å². The Morgan fingerprint density at radius 2 is 2.00 bits per heavy atom. The fourth-order valence-corrected chi connectivity index (χ4v) is 4.96. The van der Waals surface area contributed by atoms with Crippen molar-refractivity contribution >= 4 is 60.9 Å². The van der Waals surface area contributed by atoms with Gasteiger partial charge < -0.3 is 4.90 Å². The molecule has 0 saturated heterocycles. The van der Waals surface area contributed by atoms with Crippen LogP contribution in [0.4, 0.5) is 18.9 Å². The second-order valence-electron chi connectivity index (χ2n) is 6.87. The Hall–Kier alpha value is -2.31. The van der Waals surface area contributed by atoms with E-state index in [-0.39, 0.29) is 18.5 Å². The summed E-state index contributed by atoms with van der Waals surface area (Å²) in [5, 5.41) is 0.828. The van der Waals surface area contributed by atoms with Gasteiger partial charge in [0.15, 0.2) is 0 Å². The second-order valence-corrected chi connectivity index (χ2v) is 11.4. The Kier molecular flexibility index (Phi) is 8.14. The molecule has 0 bridgehead atoms. The first-order chi connectivity index (χ1) is 15.8. The van der Waals surface area contributed by atoms with Crippen molar-refractivity contribution < 1.29 is 26.4 Å². The Morgan fingerprint density at radius 3 is 2.56 bits per heavy atom. The monoisotopic (exact) mass is 594 g/mol. The number of carbonyl (C=O) groups is 1. The minimum Gasteiger partial charge on any atom is -0.322 e. The van der Waals surface area contributed by atoms with Crippen LogP contribution < -0.4 is 9.62 Å². The molecule has 3 rings (SSSR count). The van der Waals surface area contributed by atoms with Crippen LogP contribution in [0.2, 0.25) is 5.02 Å². The molecule has 1 N–H and O–H groups in total. The second kappa shape index (κ2) is 10.5. The van der Waals surface area contributed by atoms with Gasteiger partial charge in [0, 0.05) is 18.2 Å². The lowest BCUT2D eigenvalue weighted by molar-refractivity contribution is -0.141. The molecule has 1 aliphatic heterocycles. The van der Waals surface area contributed by atoms with Crippen LogP contribution in [0.5, 0.6) is 0 Å². The summed E-state index contributed by atoms with van der Waals surface area (Å²) in [4.78, 5) is 21.7. The number of pyridine rings is 2. The lowest BCUT2D eigenvalue weighted by Crippen LogP contribution is -2.30. The van der Waals surface area contributed by atoms with Crippen molar-refractivity contribution in [3.63, 3.8) is 0 Å². The number of amides is 1. The van der Waals surface area contributed by atoms with Gasteiger partial charge in [-0.15, -0.1) is 0 Å². The standard InChI is InChI=1S/C20H15BrClF3N4O3S2/c1-34(31,32)28-19(30)15-3-2-4-17(33-18(15)21)29(11-13-6-5-12(22)9-26-13)14-7-8-16(27-10-14)20(23,24)25/h2,5-10H,3,11H2,1H3,(H,28,30). The SMILES string of the molecule is CS(=O)(=O)NC(=O)C1=C(Br)SC(N(Cc2ccc(Cl)cn2)c2ccc(C(F)(F)F)nc2)=C=CC1. The van der Waals surface area contributed by atoms with Crippen LogP contribution in [0.15, 0.2) is 62.9 Å². The molecule has 1 aliphatic rings. The van der Waals surface area contributed by atoms with Gasteiger partial charge in [0.2, 0.25) is 10.0 Å². The molecule has 0 aromatic carbocycles. The van der Waals surface area contributed by atoms with Gasteiger partial charge in [-0.2, -0.15) is 13.2 Å². The van der Waals surface area contributed by atoms with Gasteiger partial charge in [0.05, 0.1) is 39.2 Å². The minimum atomic E-state index is -4.59. The molecule has 0 saturated carbocycles. The first-order valence-electron chi connectivity index (χ1n) is 9.28. The number of aromatic nitrogens is 2. The summed E-state index contributed by atoms with van der Waals surface area (Å²) < 4.78 is 64.1. The molecule has 0 fully saturated rings. The third-order valence-electron chi connectivity index (χ3n) is 4.21. The summed E-state index contributed by atoms with van der Waals surface area (Å²) in [6.45, 7) is 0.124. The first-order valence-corrected chi connectivity index (χ1v) is 13.2. The number of nitrogens with one attached hydrogen (secondary N) is 1. The third-order valence-corrected chi connectivity index (χ3v) is 6.91. The Morgan fingerprint density at radius 1 is 1.26 bits per heavy atom. The highest BCUT2D eigenvalue weighted by Gasteiger charge is 2.32. The highest BCUT2D eigenvalue weighted by Crippen LogP contribution is 2.40. The molecule has 1 amide bonds. The number of carbonyl (C=O) groups excluding carboxylic acids is 1. The van der Waals surface area contributed by atoms with E-state index in [1.165, 1.54) is 18.3 Å². The number of anilines is 1. The lowest BCUT2D eigenvalue weighted by Gasteiger charge is -2.25. The maximum absolute atomic E-state index is 13.0. The van der Waals surface area contributed by atoms with Gasteiger partial charge in [0.25, 0.3) is 5.91 Å². The molecule has 3 heterocycles. The van der Waals surface area contributed by atoms with Crippen molar-refractivity contribution in [2.24, 2.45) is 0 Å². The average Bonchev–Trinajstić information content (AvgIpc) is 2.93. The summed E-state index contributed by atoms with van der Waals surface area (Å²) in [6, 6.07) is 5.41. The Labute approximate surface area is 211 Å². The molecule has 0 unspecified atom stereocenters. The number of halogens is 5. The van der Waals surface area contributed by atoms with Crippen LogP contribution in [0, 0.1) is 0 Å². The molecule has 0 spiro atoms. The highest BCUT2D eigenvalue weighted by molar-refractivity contribution is 9.14. The van der Waals surface area contributed by atoms with E-state index in [9.17, 15) is 26.4 Å². The molecule has 180 valence electrons. The molecular formula is C20H15BrClF3N4O3S2. The van der Waals surface area contributed by atoms with Crippen molar-refractivity contribution in [2.75, 3.05) is 11.2 Å². The van der Waals surface area contributed by atoms with Crippen molar-refractivity contribution in [1.82, 2.24) is 14.7 Å². The Bertz CT molecular complexity index is 1290. The van der Waals surface area contributed by atoms with Crippen LogP contribution in [-0.2, 0) is 27.5 Å². The van der Waals surface area contributed by atoms with Crippen LogP contribution >= 0.6 is 39.3 Å². The van der Waals surface area contributed by atoms with Gasteiger partial charge in [-0.25, -0.2) is 18.1 Å². The van der Waals surface area contributed by atoms with E-state index in [2.05, 4.69) is 31.6 Å². The quantitative estimate of drug-likeness (QED) is 0.472. The molecule has 0 aliphatic carbocycles. The topological polar surface area (TPSA) is 92.3 Å². The largest absolute Gasteiger partial charge is 0.433 e. The first kappa shape index (κ1) is 26.3. The van der Waals surface area contributed by atoms with Crippen molar-refractivity contribution in [3.05, 3.63) is 79.3 Å². The van der Waals surface area contributed by atoms with E-state index < -0.39 is 27.8 Å². The molecule has 14 heteroatoms. The lowest BCUT2D eigenvalue weighted by atomic mass is 10.2. The summed E-state index contributed by atoms with van der Waals surface area (Å²) in [5.41, 5.74) is 2.99. The third kappa shape index (κ3) is 7.09. The maximum atomic E-state index is 13.0. The number of rotatable bonds is 6. The van der Waals surface area contributed by atoms with E-state index in [0.717, 1.165) is 30.3 Å². The number of allylic oxidation sites excluding steroid dienone is 1. The molecule has 7 nitrogen and oxygen atoms in total. The van der Waals surface area contributed by atoms with Crippen molar-refractivity contribution in [2.45, 2.75) is 19.1 Å². The minimum absolute atomic E-state index is 0.0662. The van der Waals surface area contributed by atoms with Gasteiger partial charge >= 0.3 is 6.18 Å². The van der Waals surface area contributed by atoms with Gasteiger partial charge in [-0.1, -0.05) is 29.1 Å². The number of hydrogen-bond acceptors (Lipinski definition) is 7. The fraction of sp³-hybridized carbons (Fsp3) is 0.200. The number of hydrogen-bond donors (Lipinski definition) is 1. The van der Waals surface area contributed by atoms with Crippen LogP contribution in [0.25, 0.3) is 0 Å². The average molecular weight is 596 g/mol. The predicted molar refractivity (Wildman–Crippen MR) is 127 cm³/mol. The van der Waals surface area contributed by atoms with E-state index in [1.54, 1.807) is 17.0 Å².